The number of likely N-dealkylation sites (N-methyl/N-ethyl adjacent to an activating group) is 2. The third-order valence-corrected chi connectivity index (χ3v) is 4.11. The first kappa shape index (κ1) is 14.9. The van der Waals surface area contributed by atoms with Crippen LogP contribution < -0.4 is 5.73 Å². The van der Waals surface area contributed by atoms with Gasteiger partial charge < -0.3 is 20.1 Å². The molecule has 1 amide bonds. The second kappa shape index (κ2) is 5.87. The van der Waals surface area contributed by atoms with Crippen LogP contribution in [-0.2, 0) is 0 Å². The summed E-state index contributed by atoms with van der Waals surface area (Å²) in [5.41, 5.74) is 7.19. The molecule has 5 nitrogen and oxygen atoms in total. The van der Waals surface area contributed by atoms with Crippen molar-refractivity contribution < 1.29 is 4.79 Å². The fourth-order valence-electron chi connectivity index (χ4n) is 2.90. The zero-order chi connectivity index (χ0) is 14.9. The Morgan fingerprint density at radius 2 is 2.20 bits per heavy atom. The Bertz CT molecular complexity index is 480. The highest BCUT2D eigenvalue weighted by molar-refractivity contribution is 5.94. The maximum atomic E-state index is 12.7. The van der Waals surface area contributed by atoms with Crippen LogP contribution in [0.3, 0.4) is 0 Å². The molecule has 0 aliphatic carbocycles. The zero-order valence-electron chi connectivity index (χ0n) is 13.0. The third-order valence-electron chi connectivity index (χ3n) is 4.11. The van der Waals surface area contributed by atoms with E-state index >= 15 is 0 Å². The van der Waals surface area contributed by atoms with Crippen molar-refractivity contribution in [2.75, 3.05) is 32.9 Å². The number of hydrogen-bond acceptors (Lipinski definition) is 3. The average molecular weight is 278 g/mol. The minimum Gasteiger partial charge on any atom is -0.397 e. The van der Waals surface area contributed by atoms with Gasteiger partial charge in [0.15, 0.2) is 0 Å². The lowest BCUT2D eigenvalue weighted by molar-refractivity contribution is 0.0632. The molecule has 2 heterocycles. The van der Waals surface area contributed by atoms with Crippen LogP contribution in [0.25, 0.3) is 0 Å². The molecule has 0 spiro atoms. The SMILES string of the molecule is CC(C)n1cc(N)cc1C(=O)N(C)C1CCCN(C)C1. The largest absolute Gasteiger partial charge is 0.397 e. The summed E-state index contributed by atoms with van der Waals surface area (Å²) in [5, 5.41) is 0. The molecule has 1 fully saturated rings. The van der Waals surface area contributed by atoms with Gasteiger partial charge in [-0.05, 0) is 46.3 Å². The highest BCUT2D eigenvalue weighted by Gasteiger charge is 2.27. The number of piperidine rings is 1. The summed E-state index contributed by atoms with van der Waals surface area (Å²) in [6.07, 6.45) is 4.06. The molecule has 1 atom stereocenters. The number of likely N-dealkylation sites (tertiary alicyclic amines) is 1. The van der Waals surface area contributed by atoms with E-state index in [1.165, 1.54) is 0 Å². The van der Waals surface area contributed by atoms with Gasteiger partial charge in [0, 0.05) is 31.9 Å². The van der Waals surface area contributed by atoms with Crippen molar-refractivity contribution in [2.24, 2.45) is 0 Å². The molecule has 0 saturated carbocycles. The summed E-state index contributed by atoms with van der Waals surface area (Å²) >= 11 is 0. The number of hydrogen-bond donors (Lipinski definition) is 1. The Labute approximate surface area is 121 Å². The molecule has 0 radical (unpaired) electrons. The van der Waals surface area contributed by atoms with Gasteiger partial charge in [-0.25, -0.2) is 0 Å². The van der Waals surface area contributed by atoms with Crippen LogP contribution in [0.4, 0.5) is 5.69 Å². The molecule has 5 heteroatoms. The molecule has 1 aliphatic heterocycles. The number of amides is 1. The van der Waals surface area contributed by atoms with Gasteiger partial charge in [-0.2, -0.15) is 0 Å². The molecule has 2 N–H and O–H groups in total. The Morgan fingerprint density at radius 3 is 2.80 bits per heavy atom. The molecular weight excluding hydrogens is 252 g/mol. The number of anilines is 1. The predicted molar refractivity (Wildman–Crippen MR) is 81.8 cm³/mol. The van der Waals surface area contributed by atoms with Crippen molar-refractivity contribution in [3.05, 3.63) is 18.0 Å². The second-order valence-corrected chi connectivity index (χ2v) is 6.13. The minimum absolute atomic E-state index is 0.0655. The van der Waals surface area contributed by atoms with Gasteiger partial charge in [-0.3, -0.25) is 4.79 Å². The average Bonchev–Trinajstić information content (AvgIpc) is 2.79. The van der Waals surface area contributed by atoms with Crippen LogP contribution in [0.15, 0.2) is 12.3 Å². The molecule has 1 unspecified atom stereocenters. The monoisotopic (exact) mass is 278 g/mol. The van der Waals surface area contributed by atoms with E-state index in [1.807, 2.05) is 22.7 Å². The third kappa shape index (κ3) is 2.98. The topological polar surface area (TPSA) is 54.5 Å². The van der Waals surface area contributed by atoms with E-state index in [4.69, 9.17) is 5.73 Å². The van der Waals surface area contributed by atoms with Crippen molar-refractivity contribution in [1.29, 1.82) is 0 Å². The number of carbonyl (C=O) groups is 1. The fraction of sp³-hybridized carbons (Fsp3) is 0.667. The summed E-state index contributed by atoms with van der Waals surface area (Å²) in [6.45, 7) is 6.18. The smallest absolute Gasteiger partial charge is 0.270 e. The van der Waals surface area contributed by atoms with Gasteiger partial charge in [0.05, 0.1) is 5.69 Å². The van der Waals surface area contributed by atoms with E-state index < -0.39 is 0 Å². The van der Waals surface area contributed by atoms with E-state index in [1.54, 1.807) is 6.07 Å². The van der Waals surface area contributed by atoms with Gasteiger partial charge in [0.1, 0.15) is 5.69 Å². The van der Waals surface area contributed by atoms with E-state index in [-0.39, 0.29) is 18.0 Å². The van der Waals surface area contributed by atoms with Crippen molar-refractivity contribution >= 4 is 11.6 Å². The van der Waals surface area contributed by atoms with Crippen LogP contribution in [0.1, 0.15) is 43.2 Å². The standard InChI is InChI=1S/C15H26N4O/c1-11(2)19-9-12(16)8-14(19)15(20)18(4)13-6-5-7-17(3)10-13/h8-9,11,13H,5-7,10,16H2,1-4H3. The maximum Gasteiger partial charge on any atom is 0.270 e. The van der Waals surface area contributed by atoms with Gasteiger partial charge >= 0.3 is 0 Å². The van der Waals surface area contributed by atoms with E-state index in [2.05, 4.69) is 25.8 Å². The van der Waals surface area contributed by atoms with Gasteiger partial charge in [-0.1, -0.05) is 0 Å². The van der Waals surface area contributed by atoms with E-state index in [0.717, 1.165) is 25.9 Å². The van der Waals surface area contributed by atoms with Gasteiger partial charge in [0.2, 0.25) is 0 Å². The molecule has 20 heavy (non-hydrogen) atoms. The lowest BCUT2D eigenvalue weighted by Crippen LogP contribution is -2.47. The number of nitrogen functional groups attached to an aromatic ring is 1. The first-order valence-corrected chi connectivity index (χ1v) is 7.33. The van der Waals surface area contributed by atoms with Crippen molar-refractivity contribution in [3.63, 3.8) is 0 Å². The van der Waals surface area contributed by atoms with E-state index in [0.29, 0.717) is 11.4 Å². The van der Waals surface area contributed by atoms with Crippen molar-refractivity contribution in [1.82, 2.24) is 14.4 Å². The molecule has 2 rings (SSSR count). The van der Waals surface area contributed by atoms with Crippen LogP contribution in [-0.4, -0.2) is 53.5 Å². The highest BCUT2D eigenvalue weighted by atomic mass is 16.2. The van der Waals surface area contributed by atoms with Crippen LogP contribution >= 0.6 is 0 Å². The first-order chi connectivity index (χ1) is 9.40. The molecule has 0 bridgehead atoms. The van der Waals surface area contributed by atoms with Gasteiger partial charge in [-0.15, -0.1) is 0 Å². The molecule has 1 aromatic heterocycles. The Morgan fingerprint density at radius 1 is 1.50 bits per heavy atom. The number of rotatable bonds is 3. The number of nitrogens with two attached hydrogens (primary N) is 1. The van der Waals surface area contributed by atoms with Crippen molar-refractivity contribution in [3.8, 4) is 0 Å². The van der Waals surface area contributed by atoms with Crippen LogP contribution in [0, 0.1) is 0 Å². The molecular formula is C15H26N4O. The highest BCUT2D eigenvalue weighted by Crippen LogP contribution is 2.21. The number of carbonyl (C=O) groups excluding carboxylic acids is 1. The summed E-state index contributed by atoms with van der Waals surface area (Å²) in [6, 6.07) is 2.30. The molecule has 1 saturated heterocycles. The second-order valence-electron chi connectivity index (χ2n) is 6.13. The lowest BCUT2D eigenvalue weighted by Gasteiger charge is -2.36. The summed E-state index contributed by atoms with van der Waals surface area (Å²) in [5.74, 6) is 0.0655. The zero-order valence-corrected chi connectivity index (χ0v) is 13.0. The number of nitrogens with zero attached hydrogens (tertiary/aromatic N) is 3. The molecule has 1 aromatic rings. The Hall–Kier alpha value is -1.49. The Balaban J connectivity index is 2.18. The fourth-order valence-corrected chi connectivity index (χ4v) is 2.90. The maximum absolute atomic E-state index is 12.7. The summed E-state index contributed by atoms with van der Waals surface area (Å²) in [4.78, 5) is 16.9. The quantitative estimate of drug-likeness (QED) is 0.917. The molecule has 0 aromatic carbocycles. The lowest BCUT2D eigenvalue weighted by atomic mass is 10.0. The normalized spacial score (nSPS) is 20.4. The molecule has 112 valence electrons. The predicted octanol–water partition coefficient (Wildman–Crippen LogP) is 1.82. The van der Waals surface area contributed by atoms with E-state index in [9.17, 15) is 4.79 Å². The molecule has 1 aliphatic rings. The minimum atomic E-state index is 0.0655. The van der Waals surface area contributed by atoms with Crippen molar-refractivity contribution in [2.45, 2.75) is 38.8 Å². The first-order valence-electron chi connectivity index (χ1n) is 7.33. The Kier molecular flexibility index (Phi) is 4.38. The summed E-state index contributed by atoms with van der Waals surface area (Å²) in [7, 11) is 4.01. The number of aromatic nitrogens is 1. The summed E-state index contributed by atoms with van der Waals surface area (Å²) < 4.78 is 1.96. The van der Waals surface area contributed by atoms with Crippen LogP contribution in [0.2, 0.25) is 0 Å². The van der Waals surface area contributed by atoms with Crippen LogP contribution in [0.5, 0.6) is 0 Å². The van der Waals surface area contributed by atoms with Gasteiger partial charge in [0.25, 0.3) is 5.91 Å².